The van der Waals surface area contributed by atoms with E-state index >= 15 is 0 Å². The molecule has 1 N–H and O–H groups in total. The van der Waals surface area contributed by atoms with E-state index in [1.54, 1.807) is 35.0 Å². The maximum Gasteiger partial charge on any atom is 0.285 e. The summed E-state index contributed by atoms with van der Waals surface area (Å²) in [6.45, 7) is 6.18. The molecule has 9 heteroatoms. The Morgan fingerprint density at radius 2 is 1.68 bits per heavy atom. The molecule has 5 rings (SSSR count). The quantitative estimate of drug-likeness (QED) is 0.219. The van der Waals surface area contributed by atoms with Crippen molar-refractivity contribution in [1.82, 2.24) is 20.2 Å². The number of aromatic nitrogens is 2. The molecule has 0 atom stereocenters. The fourth-order valence-electron chi connectivity index (χ4n) is 4.47. The minimum Gasteiger partial charge on any atom is -0.267 e. The molecule has 3 aromatic carbocycles. The molecule has 1 saturated heterocycles. The van der Waals surface area contributed by atoms with E-state index in [1.807, 2.05) is 36.5 Å². The first kappa shape index (κ1) is 25.9. The first-order valence-corrected chi connectivity index (χ1v) is 13.4. The number of carbonyl (C=O) groups excluding carboxylic acids is 2. The van der Waals surface area contributed by atoms with E-state index in [0.717, 1.165) is 50.4 Å². The summed E-state index contributed by atoms with van der Waals surface area (Å²) in [5.74, 6) is -0.937. The van der Waals surface area contributed by atoms with Crippen LogP contribution in [0.15, 0.2) is 77.8 Å². The molecule has 1 aromatic heterocycles. The Morgan fingerprint density at radius 3 is 2.37 bits per heavy atom. The van der Waals surface area contributed by atoms with Crippen molar-refractivity contribution in [3.05, 3.63) is 111 Å². The normalized spacial score (nSPS) is 14.4. The maximum atomic E-state index is 13.3. The van der Waals surface area contributed by atoms with Crippen LogP contribution in [-0.4, -0.2) is 30.9 Å². The van der Waals surface area contributed by atoms with Crippen LogP contribution in [0.3, 0.4) is 0 Å². The van der Waals surface area contributed by atoms with Crippen molar-refractivity contribution >= 4 is 57.8 Å². The molecule has 38 heavy (non-hydrogen) atoms. The van der Waals surface area contributed by atoms with Gasteiger partial charge in [-0.1, -0.05) is 71.4 Å². The summed E-state index contributed by atoms with van der Waals surface area (Å²) in [6, 6.07) is 20.7. The number of amides is 2. The molecule has 1 fully saturated rings. The lowest BCUT2D eigenvalue weighted by Crippen LogP contribution is -2.44. The molecular formula is C29H23ClN4O2S2. The van der Waals surface area contributed by atoms with E-state index in [1.165, 1.54) is 5.56 Å². The summed E-state index contributed by atoms with van der Waals surface area (Å²) in [6.07, 6.45) is 3.68. The van der Waals surface area contributed by atoms with Crippen molar-refractivity contribution in [3.8, 4) is 16.9 Å². The molecule has 0 saturated carbocycles. The van der Waals surface area contributed by atoms with Crippen LogP contribution in [0.25, 0.3) is 23.0 Å². The molecule has 0 unspecified atom stereocenters. The molecular weight excluding hydrogens is 536 g/mol. The topological polar surface area (TPSA) is 67.2 Å². The molecule has 0 spiro atoms. The highest BCUT2D eigenvalue weighted by atomic mass is 35.5. The van der Waals surface area contributed by atoms with Crippen LogP contribution in [-0.2, 0) is 4.79 Å². The highest BCUT2D eigenvalue weighted by molar-refractivity contribution is 8.26. The van der Waals surface area contributed by atoms with Gasteiger partial charge in [0, 0.05) is 17.3 Å². The molecule has 2 amide bonds. The summed E-state index contributed by atoms with van der Waals surface area (Å²) < 4.78 is 2.03. The Kier molecular flexibility index (Phi) is 7.21. The third-order valence-electron chi connectivity index (χ3n) is 6.09. The lowest BCUT2D eigenvalue weighted by atomic mass is 9.95. The number of hydrogen-bond acceptors (Lipinski definition) is 5. The van der Waals surface area contributed by atoms with Gasteiger partial charge in [0.15, 0.2) is 4.32 Å². The van der Waals surface area contributed by atoms with E-state index in [4.69, 9.17) is 28.9 Å². The first-order chi connectivity index (χ1) is 18.2. The molecule has 1 aliphatic heterocycles. The van der Waals surface area contributed by atoms with E-state index in [2.05, 4.69) is 38.3 Å². The summed E-state index contributed by atoms with van der Waals surface area (Å²) in [4.78, 5) is 26.5. The number of benzene rings is 3. The van der Waals surface area contributed by atoms with Gasteiger partial charge in [-0.15, -0.1) is 0 Å². The molecule has 0 bridgehead atoms. The number of thioether (sulfide) groups is 1. The molecule has 1 aliphatic rings. The summed E-state index contributed by atoms with van der Waals surface area (Å²) in [5.41, 5.74) is 9.63. The number of thiocarbonyl (C=S) groups is 1. The Morgan fingerprint density at radius 1 is 1.03 bits per heavy atom. The standard InChI is InChI=1S/C29H23ClN4O2S2/c1-17-13-18(2)25(19(3)14-17)26-20(16-33(31-26)21-9-5-4-6-10-21)15-24-28(36)34(29(37)38-24)32-27(35)22-11-7-8-12-23(22)30/h4-16H,1-3H3,(H,32,35)/b24-15-. The molecule has 6 nitrogen and oxygen atoms in total. The van der Waals surface area contributed by atoms with E-state index in [-0.39, 0.29) is 14.9 Å². The van der Waals surface area contributed by atoms with Gasteiger partial charge >= 0.3 is 0 Å². The zero-order valence-corrected chi connectivity index (χ0v) is 23.2. The van der Waals surface area contributed by atoms with Crippen LogP contribution < -0.4 is 5.43 Å². The number of hydrazine groups is 1. The maximum absolute atomic E-state index is 13.3. The van der Waals surface area contributed by atoms with Gasteiger partial charge in [-0.2, -0.15) is 10.1 Å². The van der Waals surface area contributed by atoms with Crippen LogP contribution in [0.1, 0.15) is 32.6 Å². The number of halogens is 1. The van der Waals surface area contributed by atoms with E-state index in [9.17, 15) is 9.59 Å². The second-order valence-electron chi connectivity index (χ2n) is 8.92. The summed E-state index contributed by atoms with van der Waals surface area (Å²) in [7, 11) is 0. The van der Waals surface area contributed by atoms with Crippen molar-refractivity contribution in [2.24, 2.45) is 0 Å². The minimum absolute atomic E-state index is 0.223. The van der Waals surface area contributed by atoms with E-state index in [0.29, 0.717) is 4.91 Å². The number of rotatable bonds is 5. The molecule has 4 aromatic rings. The highest BCUT2D eigenvalue weighted by Crippen LogP contribution is 2.36. The third-order valence-corrected chi connectivity index (χ3v) is 7.72. The lowest BCUT2D eigenvalue weighted by Gasteiger charge is -2.16. The lowest BCUT2D eigenvalue weighted by molar-refractivity contribution is -0.123. The SMILES string of the molecule is Cc1cc(C)c(-c2nn(-c3ccccc3)cc2/C=C2\SC(=S)N(NC(=O)c3ccccc3Cl)C2=O)c(C)c1. The van der Waals surface area contributed by atoms with E-state index < -0.39 is 11.8 Å². The molecule has 2 heterocycles. The van der Waals surface area contributed by atoms with Gasteiger partial charge in [0.2, 0.25) is 0 Å². The fourth-order valence-corrected chi connectivity index (χ4v) is 5.86. The van der Waals surface area contributed by atoms with Crippen LogP contribution in [0.2, 0.25) is 5.02 Å². The monoisotopic (exact) mass is 558 g/mol. The smallest absolute Gasteiger partial charge is 0.267 e. The molecule has 190 valence electrons. The van der Waals surface area contributed by atoms with Gasteiger partial charge in [0.25, 0.3) is 11.8 Å². The number of carbonyl (C=O) groups is 2. The number of aryl methyl sites for hydroxylation is 3. The molecule has 0 aliphatic carbocycles. The van der Waals surface area contributed by atoms with Gasteiger partial charge in [-0.05, 0) is 74.5 Å². The van der Waals surface area contributed by atoms with Crippen molar-refractivity contribution < 1.29 is 9.59 Å². The first-order valence-electron chi connectivity index (χ1n) is 11.8. The summed E-state index contributed by atoms with van der Waals surface area (Å²) in [5, 5.41) is 6.30. The van der Waals surface area contributed by atoms with Crippen molar-refractivity contribution in [3.63, 3.8) is 0 Å². The third kappa shape index (κ3) is 5.03. The van der Waals surface area contributed by atoms with Crippen LogP contribution in [0, 0.1) is 20.8 Å². The zero-order chi connectivity index (χ0) is 27.0. The fraction of sp³-hybridized carbons (Fsp3) is 0.103. The van der Waals surface area contributed by atoms with Gasteiger partial charge in [0.05, 0.1) is 21.2 Å². The highest BCUT2D eigenvalue weighted by Gasteiger charge is 2.34. The van der Waals surface area contributed by atoms with Crippen LogP contribution >= 0.6 is 35.6 Å². The van der Waals surface area contributed by atoms with Crippen LogP contribution in [0.4, 0.5) is 0 Å². The average Bonchev–Trinajstić information content (AvgIpc) is 3.40. The Labute approximate surface area is 235 Å². The average molecular weight is 559 g/mol. The number of nitrogens with one attached hydrogen (secondary N) is 1. The Balaban J connectivity index is 1.54. The minimum atomic E-state index is -0.517. The van der Waals surface area contributed by atoms with Crippen LogP contribution in [0.5, 0.6) is 0 Å². The Bertz CT molecular complexity index is 1610. The number of para-hydroxylation sites is 1. The van der Waals surface area contributed by atoms with Crippen molar-refractivity contribution in [1.29, 1.82) is 0 Å². The van der Waals surface area contributed by atoms with Crippen molar-refractivity contribution in [2.75, 3.05) is 0 Å². The second kappa shape index (κ2) is 10.6. The number of nitrogens with zero attached hydrogens (tertiary/aromatic N) is 3. The predicted octanol–water partition coefficient (Wildman–Crippen LogP) is 6.66. The molecule has 0 radical (unpaired) electrons. The predicted molar refractivity (Wildman–Crippen MR) is 157 cm³/mol. The number of hydrogen-bond donors (Lipinski definition) is 1. The zero-order valence-electron chi connectivity index (χ0n) is 20.9. The second-order valence-corrected chi connectivity index (χ2v) is 11.0. The van der Waals surface area contributed by atoms with Gasteiger partial charge < -0.3 is 0 Å². The van der Waals surface area contributed by atoms with Crippen molar-refractivity contribution in [2.45, 2.75) is 20.8 Å². The van der Waals surface area contributed by atoms with Gasteiger partial charge in [-0.25, -0.2) is 4.68 Å². The van der Waals surface area contributed by atoms with Gasteiger partial charge in [-0.3, -0.25) is 15.0 Å². The summed E-state index contributed by atoms with van der Waals surface area (Å²) >= 11 is 12.7. The Hall–Kier alpha value is -3.72. The van der Waals surface area contributed by atoms with Gasteiger partial charge in [0.1, 0.15) is 5.69 Å². The largest absolute Gasteiger partial charge is 0.285 e.